The minimum Gasteiger partial charge on any atom is -0.444 e. The van der Waals surface area contributed by atoms with Crippen molar-refractivity contribution in [1.82, 2.24) is 15.1 Å². The number of benzene rings is 6. The number of hydrogen-bond acceptors (Lipinski definition) is 11. The van der Waals surface area contributed by atoms with Crippen LogP contribution in [-0.2, 0) is 38.3 Å². The molecule has 0 spiro atoms. The number of fused-ring (bicyclic) bond motifs is 3. The molecule has 0 heterocycles. The molecule has 0 aliphatic heterocycles. The van der Waals surface area contributed by atoms with Gasteiger partial charge in [0.05, 0.1) is 46.2 Å². The Kier molecular flexibility index (Phi) is 21.5. The lowest BCUT2D eigenvalue weighted by Gasteiger charge is -2.27. The number of ether oxygens (including phenoxy) is 2. The maximum atomic E-state index is 12.9. The SMILES string of the molecule is CCN(C(C)=O)C1CCc2cc(C(=O)Nc3ccccc3N)ccc21.CCN(C(C)=O)C1CCc2cc(C(=O)Nc3ccccc3NC(=O)OC(C)(C)C)ccc21.CCNC1CCc2cc(C(=O)Nc3ccccc3NC(=O)OC(C)(C)C)ccc21. The highest BCUT2D eigenvalue weighted by atomic mass is 16.6. The van der Waals surface area contributed by atoms with Crippen molar-refractivity contribution in [1.29, 1.82) is 0 Å². The van der Waals surface area contributed by atoms with E-state index in [1.54, 1.807) is 122 Å². The van der Waals surface area contributed by atoms with Crippen LogP contribution in [0, 0.1) is 0 Å². The van der Waals surface area contributed by atoms with Gasteiger partial charge in [0.2, 0.25) is 11.8 Å². The summed E-state index contributed by atoms with van der Waals surface area (Å²) in [5.41, 5.74) is 16.5. The average Bonchev–Trinajstić information content (AvgIpc) is 1.87. The predicted octanol–water partition coefficient (Wildman–Crippen LogP) is 13.4. The van der Waals surface area contributed by atoms with E-state index in [1.807, 2.05) is 84.3 Å². The van der Waals surface area contributed by atoms with E-state index in [9.17, 15) is 33.6 Å². The number of rotatable bonds is 14. The van der Waals surface area contributed by atoms with Crippen molar-refractivity contribution in [3.63, 3.8) is 0 Å². The average molecular weight is 1170 g/mol. The number of para-hydroxylation sites is 6. The Labute approximate surface area is 505 Å². The van der Waals surface area contributed by atoms with E-state index in [4.69, 9.17) is 15.2 Å². The first-order chi connectivity index (χ1) is 40.9. The smallest absolute Gasteiger partial charge is 0.412 e. The monoisotopic (exact) mass is 1170 g/mol. The fourth-order valence-corrected chi connectivity index (χ4v) is 11.1. The molecule has 18 heteroatoms. The molecule has 9 rings (SSSR count). The van der Waals surface area contributed by atoms with Crippen LogP contribution in [-0.4, -0.2) is 82.4 Å². The van der Waals surface area contributed by atoms with Crippen LogP contribution in [0.4, 0.5) is 43.7 Å². The fourth-order valence-electron chi connectivity index (χ4n) is 11.1. The Balaban J connectivity index is 0.000000186. The van der Waals surface area contributed by atoms with Crippen LogP contribution in [0.1, 0.15) is 178 Å². The number of hydrogen-bond donors (Lipinski definition) is 7. The van der Waals surface area contributed by atoms with Gasteiger partial charge >= 0.3 is 12.2 Å². The molecular weight excluding hydrogens is 1090 g/mol. The molecule has 3 aliphatic rings. The zero-order valence-corrected chi connectivity index (χ0v) is 51.4. The molecular formula is C68H83N9O9. The zero-order valence-electron chi connectivity index (χ0n) is 51.4. The Morgan fingerprint density at radius 1 is 0.465 bits per heavy atom. The van der Waals surface area contributed by atoms with Crippen molar-refractivity contribution in [2.75, 3.05) is 52.0 Å². The van der Waals surface area contributed by atoms with Crippen molar-refractivity contribution in [2.45, 2.75) is 144 Å². The summed E-state index contributed by atoms with van der Waals surface area (Å²) >= 11 is 0. The number of nitrogens with two attached hydrogens (primary N) is 1. The van der Waals surface area contributed by atoms with Gasteiger partial charge in [0.15, 0.2) is 0 Å². The van der Waals surface area contributed by atoms with Crippen LogP contribution in [0.5, 0.6) is 0 Å². The number of carbonyl (C=O) groups excluding carboxylic acids is 7. The maximum Gasteiger partial charge on any atom is 0.412 e. The normalized spacial score (nSPS) is 15.3. The van der Waals surface area contributed by atoms with Crippen molar-refractivity contribution in [2.24, 2.45) is 0 Å². The van der Waals surface area contributed by atoms with Gasteiger partial charge in [0.25, 0.3) is 17.7 Å². The first-order valence-corrected chi connectivity index (χ1v) is 29.5. The predicted molar refractivity (Wildman–Crippen MR) is 340 cm³/mol. The lowest BCUT2D eigenvalue weighted by atomic mass is 10.0. The summed E-state index contributed by atoms with van der Waals surface area (Å²) in [4.78, 5) is 90.1. The molecule has 454 valence electrons. The highest BCUT2D eigenvalue weighted by Crippen LogP contribution is 2.39. The lowest BCUT2D eigenvalue weighted by molar-refractivity contribution is -0.131. The van der Waals surface area contributed by atoms with Crippen molar-refractivity contribution >= 4 is 75.8 Å². The summed E-state index contributed by atoms with van der Waals surface area (Å²) in [7, 11) is 0. The molecule has 86 heavy (non-hydrogen) atoms. The Morgan fingerprint density at radius 3 is 1.16 bits per heavy atom. The Morgan fingerprint density at radius 2 is 0.802 bits per heavy atom. The van der Waals surface area contributed by atoms with Gasteiger partial charge in [-0.1, -0.05) is 61.5 Å². The third kappa shape index (κ3) is 17.1. The summed E-state index contributed by atoms with van der Waals surface area (Å²) < 4.78 is 10.6. The topological polar surface area (TPSA) is 243 Å². The van der Waals surface area contributed by atoms with E-state index < -0.39 is 23.4 Å². The highest BCUT2D eigenvalue weighted by molar-refractivity contribution is 6.08. The summed E-state index contributed by atoms with van der Waals surface area (Å²) in [5, 5.41) is 17.5. The van der Waals surface area contributed by atoms with Gasteiger partial charge in [-0.05, 0) is 207 Å². The van der Waals surface area contributed by atoms with Gasteiger partial charge in [-0.15, -0.1) is 0 Å². The van der Waals surface area contributed by atoms with Gasteiger partial charge in [0.1, 0.15) is 11.2 Å². The summed E-state index contributed by atoms with van der Waals surface area (Å²) in [6.07, 6.45) is 4.32. The van der Waals surface area contributed by atoms with Crippen LogP contribution in [0.15, 0.2) is 127 Å². The van der Waals surface area contributed by atoms with Crippen LogP contribution >= 0.6 is 0 Å². The summed E-state index contributed by atoms with van der Waals surface area (Å²) in [6.45, 7) is 22.3. The molecule has 0 saturated carbocycles. The number of amides is 7. The van der Waals surface area contributed by atoms with E-state index in [0.29, 0.717) is 69.9 Å². The van der Waals surface area contributed by atoms with Crippen LogP contribution in [0.25, 0.3) is 0 Å². The third-order valence-electron chi connectivity index (χ3n) is 14.9. The third-order valence-corrected chi connectivity index (χ3v) is 14.9. The molecule has 3 unspecified atom stereocenters. The molecule has 0 bridgehead atoms. The molecule has 0 saturated heterocycles. The van der Waals surface area contributed by atoms with E-state index in [0.717, 1.165) is 67.3 Å². The molecule has 3 atom stereocenters. The number of nitrogen functional groups attached to an aromatic ring is 1. The summed E-state index contributed by atoms with van der Waals surface area (Å²) in [6, 6.07) is 39.0. The molecule has 6 aromatic carbocycles. The number of aryl methyl sites for hydroxylation is 3. The van der Waals surface area contributed by atoms with Gasteiger partial charge in [-0.25, -0.2) is 9.59 Å². The van der Waals surface area contributed by atoms with Crippen molar-refractivity contribution in [3.05, 3.63) is 177 Å². The van der Waals surface area contributed by atoms with Gasteiger partial charge in [-0.3, -0.25) is 34.6 Å². The van der Waals surface area contributed by atoms with Crippen molar-refractivity contribution in [3.8, 4) is 0 Å². The number of anilines is 6. The molecule has 6 aromatic rings. The molecule has 0 radical (unpaired) electrons. The van der Waals surface area contributed by atoms with Crippen LogP contribution < -0.4 is 37.6 Å². The maximum absolute atomic E-state index is 12.9. The van der Waals surface area contributed by atoms with Crippen LogP contribution in [0.2, 0.25) is 0 Å². The second-order valence-electron chi connectivity index (χ2n) is 23.4. The molecule has 7 amide bonds. The van der Waals surface area contributed by atoms with Gasteiger partial charge in [0, 0.05) is 49.7 Å². The Hall–Kier alpha value is -9.03. The van der Waals surface area contributed by atoms with Crippen molar-refractivity contribution < 1.29 is 43.0 Å². The van der Waals surface area contributed by atoms with E-state index in [1.165, 1.54) is 11.1 Å². The standard InChI is InChI=1S/C25H31N3O4.C23H29N3O3.C20H23N3O2/c1-6-28(16(2)29)22-14-12-17-15-18(11-13-19(17)22)23(30)26-20-9-7-8-10-21(20)27-24(31)32-25(3,4)5;1-5-24-18-13-11-15-14-16(10-12-17(15)18)21(27)25-19-8-6-7-9-20(19)26-22(28)29-23(2,3)4;1-3-23(13(2)24)19-11-9-14-12-15(8-10-16(14)19)20(25)22-18-7-5-4-6-17(18)21/h7-11,13,15,22H,6,12,14H2,1-5H3,(H,26,30)(H,27,31);6-10,12,14,18,24H,5,11,13H2,1-4H3,(H,25,27)(H,26,28);4-8,10,12,19H,3,9,11,21H2,1-2H3,(H,22,25). The molecule has 0 fully saturated rings. The van der Waals surface area contributed by atoms with Gasteiger partial charge < -0.3 is 46.3 Å². The second-order valence-corrected chi connectivity index (χ2v) is 23.4. The highest BCUT2D eigenvalue weighted by Gasteiger charge is 2.31. The van der Waals surface area contributed by atoms with E-state index in [2.05, 4.69) is 38.8 Å². The quantitative estimate of drug-likeness (QED) is 0.0506. The van der Waals surface area contributed by atoms with E-state index in [-0.39, 0.29) is 41.6 Å². The molecule has 0 aromatic heterocycles. The largest absolute Gasteiger partial charge is 0.444 e. The second kappa shape index (κ2) is 28.7. The first kappa shape index (κ1) is 64.5. The molecule has 8 N–H and O–H groups in total. The Bertz CT molecular complexity index is 3460. The van der Waals surface area contributed by atoms with Crippen LogP contribution in [0.3, 0.4) is 0 Å². The lowest BCUT2D eigenvalue weighted by Crippen LogP contribution is -2.31. The molecule has 3 aliphatic carbocycles. The number of nitrogens with zero attached hydrogens (tertiary/aromatic N) is 2. The zero-order chi connectivity index (χ0) is 62.5. The molecule has 18 nitrogen and oxygen atoms in total. The number of carbonyl (C=O) groups is 7. The fraction of sp³-hybridized carbons (Fsp3) is 0.368. The van der Waals surface area contributed by atoms with Gasteiger partial charge in [-0.2, -0.15) is 0 Å². The minimum atomic E-state index is -0.625. The van der Waals surface area contributed by atoms with E-state index >= 15 is 0 Å². The minimum absolute atomic E-state index is 0.0567. The first-order valence-electron chi connectivity index (χ1n) is 29.5. The summed E-state index contributed by atoms with van der Waals surface area (Å²) in [5.74, 6) is -0.516. The number of nitrogens with one attached hydrogen (secondary N) is 6.